The molecule has 5 rings (SSSR count). The van der Waals surface area contributed by atoms with Crippen LogP contribution in [0.5, 0.6) is 5.75 Å². The Hall–Kier alpha value is -2.67. The molecule has 3 aliphatic rings. The van der Waals surface area contributed by atoms with Gasteiger partial charge in [0, 0.05) is 51.9 Å². The molecule has 0 saturated carbocycles. The summed E-state index contributed by atoms with van der Waals surface area (Å²) in [6.45, 7) is 4.95. The van der Waals surface area contributed by atoms with Crippen LogP contribution in [-0.4, -0.2) is 72.6 Å². The molecule has 2 aliphatic heterocycles. The Morgan fingerprint density at radius 3 is 2.64 bits per heavy atom. The Kier molecular flexibility index (Phi) is 6.23. The van der Waals surface area contributed by atoms with E-state index < -0.39 is 0 Å². The SMILES string of the molecule is CN(C)c1ncc2c(n1)C1(CCCN(Cc3ccc(OCC(=O)N4CCCC4)cc3)C1)CC2. The monoisotopic (exact) mass is 449 g/mol. The highest BCUT2D eigenvalue weighted by Crippen LogP contribution is 2.44. The summed E-state index contributed by atoms with van der Waals surface area (Å²) in [7, 11) is 4.01. The van der Waals surface area contributed by atoms with Crippen LogP contribution in [0, 0.1) is 0 Å². The van der Waals surface area contributed by atoms with Crippen LogP contribution in [0.15, 0.2) is 30.5 Å². The van der Waals surface area contributed by atoms with E-state index in [0.29, 0.717) is 0 Å². The normalized spacial score (nSPS) is 22.5. The van der Waals surface area contributed by atoms with Crippen LogP contribution in [0.25, 0.3) is 0 Å². The average molecular weight is 450 g/mol. The van der Waals surface area contributed by atoms with Crippen LogP contribution >= 0.6 is 0 Å². The third-order valence-corrected chi connectivity index (χ3v) is 7.43. The van der Waals surface area contributed by atoms with Crippen LogP contribution in [0.4, 0.5) is 5.95 Å². The molecule has 176 valence electrons. The number of piperidine rings is 1. The summed E-state index contributed by atoms with van der Waals surface area (Å²) < 4.78 is 5.75. The maximum atomic E-state index is 12.2. The van der Waals surface area contributed by atoms with Gasteiger partial charge in [-0.3, -0.25) is 9.69 Å². The Balaban J connectivity index is 1.20. The van der Waals surface area contributed by atoms with Crippen LogP contribution in [0.2, 0.25) is 0 Å². The number of nitrogens with zero attached hydrogens (tertiary/aromatic N) is 5. The number of amides is 1. The van der Waals surface area contributed by atoms with Gasteiger partial charge in [-0.05, 0) is 68.3 Å². The number of rotatable bonds is 6. The number of carbonyl (C=O) groups is 1. The molecule has 2 aromatic rings. The first kappa shape index (κ1) is 22.1. The highest BCUT2D eigenvalue weighted by molar-refractivity contribution is 5.78. The minimum absolute atomic E-state index is 0.0910. The van der Waals surface area contributed by atoms with Crippen LogP contribution in [0.3, 0.4) is 0 Å². The van der Waals surface area contributed by atoms with E-state index >= 15 is 0 Å². The lowest BCUT2D eigenvalue weighted by atomic mass is 9.77. The zero-order valence-corrected chi connectivity index (χ0v) is 19.9. The van der Waals surface area contributed by atoms with Crippen molar-refractivity contribution in [3.05, 3.63) is 47.3 Å². The van der Waals surface area contributed by atoms with Gasteiger partial charge in [0.15, 0.2) is 6.61 Å². The fourth-order valence-corrected chi connectivity index (χ4v) is 5.66. The van der Waals surface area contributed by atoms with Crippen molar-refractivity contribution in [2.45, 2.75) is 50.5 Å². The van der Waals surface area contributed by atoms with Gasteiger partial charge in [0.1, 0.15) is 5.75 Å². The zero-order valence-electron chi connectivity index (χ0n) is 19.9. The summed E-state index contributed by atoms with van der Waals surface area (Å²) in [5.74, 6) is 1.67. The predicted molar refractivity (Wildman–Crippen MR) is 129 cm³/mol. The van der Waals surface area contributed by atoms with Crippen molar-refractivity contribution in [1.29, 1.82) is 0 Å². The highest BCUT2D eigenvalue weighted by atomic mass is 16.5. The predicted octanol–water partition coefficient (Wildman–Crippen LogP) is 3.02. The minimum atomic E-state index is 0.0910. The fourth-order valence-electron chi connectivity index (χ4n) is 5.66. The number of ether oxygens (including phenoxy) is 1. The second-order valence-electron chi connectivity index (χ2n) is 10.1. The molecular formula is C26H35N5O2. The molecule has 2 saturated heterocycles. The maximum Gasteiger partial charge on any atom is 0.260 e. The number of anilines is 1. The maximum absolute atomic E-state index is 12.2. The van der Waals surface area contributed by atoms with Gasteiger partial charge in [0.2, 0.25) is 5.95 Å². The molecule has 0 N–H and O–H groups in total. The van der Waals surface area contributed by atoms with Gasteiger partial charge < -0.3 is 14.5 Å². The first-order chi connectivity index (χ1) is 16.0. The number of benzene rings is 1. The van der Waals surface area contributed by atoms with E-state index in [4.69, 9.17) is 9.72 Å². The third kappa shape index (κ3) is 4.69. The number of fused-ring (bicyclic) bond motifs is 2. The summed E-state index contributed by atoms with van der Waals surface area (Å²) in [4.78, 5) is 28.2. The Morgan fingerprint density at radius 1 is 1.09 bits per heavy atom. The second kappa shape index (κ2) is 9.29. The van der Waals surface area contributed by atoms with Crippen molar-refractivity contribution < 1.29 is 9.53 Å². The van der Waals surface area contributed by atoms with E-state index in [-0.39, 0.29) is 17.9 Å². The summed E-state index contributed by atoms with van der Waals surface area (Å²) in [5, 5.41) is 0. The lowest BCUT2D eigenvalue weighted by Crippen LogP contribution is -2.45. The highest BCUT2D eigenvalue weighted by Gasteiger charge is 2.43. The van der Waals surface area contributed by atoms with Crippen molar-refractivity contribution in [2.24, 2.45) is 0 Å². The van der Waals surface area contributed by atoms with E-state index in [2.05, 4.69) is 22.0 Å². The third-order valence-electron chi connectivity index (χ3n) is 7.43. The van der Waals surface area contributed by atoms with E-state index in [9.17, 15) is 4.79 Å². The molecule has 7 nitrogen and oxygen atoms in total. The van der Waals surface area contributed by atoms with Gasteiger partial charge in [-0.25, -0.2) is 9.97 Å². The largest absolute Gasteiger partial charge is 0.484 e. The van der Waals surface area contributed by atoms with Gasteiger partial charge in [0.05, 0.1) is 5.69 Å². The average Bonchev–Trinajstić information content (AvgIpc) is 3.48. The molecule has 1 amide bonds. The summed E-state index contributed by atoms with van der Waals surface area (Å²) in [5.41, 5.74) is 4.03. The molecule has 3 heterocycles. The zero-order chi connectivity index (χ0) is 22.8. The van der Waals surface area contributed by atoms with Crippen molar-refractivity contribution >= 4 is 11.9 Å². The number of aryl methyl sites for hydroxylation is 1. The molecule has 33 heavy (non-hydrogen) atoms. The molecule has 2 fully saturated rings. The first-order valence-corrected chi connectivity index (χ1v) is 12.3. The first-order valence-electron chi connectivity index (χ1n) is 12.3. The van der Waals surface area contributed by atoms with E-state index in [0.717, 1.165) is 63.7 Å². The standard InChI is InChI=1S/C26H35N5O2/c1-29(2)25-27-16-21-10-12-26(24(21)28-25)11-5-13-30(19-26)17-20-6-8-22(9-7-20)33-18-23(32)31-14-3-4-15-31/h6-9,16H,3-5,10-15,17-19H2,1-2H3. The van der Waals surface area contributed by atoms with Gasteiger partial charge in [-0.15, -0.1) is 0 Å². The van der Waals surface area contributed by atoms with Crippen molar-refractivity contribution in [3.8, 4) is 5.75 Å². The summed E-state index contributed by atoms with van der Waals surface area (Å²) in [6.07, 6.45) is 8.90. The van der Waals surface area contributed by atoms with Gasteiger partial charge in [0.25, 0.3) is 5.91 Å². The summed E-state index contributed by atoms with van der Waals surface area (Å²) in [6, 6.07) is 8.25. The van der Waals surface area contributed by atoms with Crippen molar-refractivity contribution in [1.82, 2.24) is 19.8 Å². The molecule has 7 heteroatoms. The van der Waals surface area contributed by atoms with Crippen LogP contribution in [0.1, 0.15) is 48.9 Å². The number of aromatic nitrogens is 2. The molecule has 1 aromatic heterocycles. The Labute approximate surface area is 196 Å². The van der Waals surface area contributed by atoms with Crippen molar-refractivity contribution in [2.75, 3.05) is 51.8 Å². The topological polar surface area (TPSA) is 61.8 Å². The molecule has 1 atom stereocenters. The van der Waals surface area contributed by atoms with Crippen LogP contribution in [-0.2, 0) is 23.2 Å². The number of hydrogen-bond donors (Lipinski definition) is 0. The molecule has 0 bridgehead atoms. The van der Waals surface area contributed by atoms with Crippen molar-refractivity contribution in [3.63, 3.8) is 0 Å². The quantitative estimate of drug-likeness (QED) is 0.676. The van der Waals surface area contributed by atoms with E-state index in [1.165, 1.54) is 36.1 Å². The molecule has 1 spiro atoms. The number of hydrogen-bond acceptors (Lipinski definition) is 6. The number of carbonyl (C=O) groups excluding carboxylic acids is 1. The van der Waals surface area contributed by atoms with Gasteiger partial charge in [-0.1, -0.05) is 12.1 Å². The fraction of sp³-hybridized carbons (Fsp3) is 0.577. The smallest absolute Gasteiger partial charge is 0.260 e. The lowest BCUT2D eigenvalue weighted by molar-refractivity contribution is -0.132. The Morgan fingerprint density at radius 2 is 1.88 bits per heavy atom. The van der Waals surface area contributed by atoms with Crippen LogP contribution < -0.4 is 9.64 Å². The summed E-state index contributed by atoms with van der Waals surface area (Å²) >= 11 is 0. The molecule has 1 aliphatic carbocycles. The molecular weight excluding hydrogens is 414 g/mol. The van der Waals surface area contributed by atoms with E-state index in [1.54, 1.807) is 0 Å². The number of likely N-dealkylation sites (tertiary alicyclic amines) is 2. The minimum Gasteiger partial charge on any atom is -0.484 e. The lowest BCUT2D eigenvalue weighted by Gasteiger charge is -2.40. The van der Waals surface area contributed by atoms with Gasteiger partial charge in [-0.2, -0.15) is 0 Å². The molecule has 1 unspecified atom stereocenters. The second-order valence-corrected chi connectivity index (χ2v) is 10.1. The van der Waals surface area contributed by atoms with Gasteiger partial charge >= 0.3 is 0 Å². The van der Waals surface area contributed by atoms with E-state index in [1.807, 2.05) is 42.2 Å². The molecule has 0 radical (unpaired) electrons. The Bertz CT molecular complexity index is 983. The molecule has 1 aromatic carbocycles.